The van der Waals surface area contributed by atoms with Crippen LogP contribution in [-0.4, -0.2) is 43.0 Å². The first-order valence-corrected chi connectivity index (χ1v) is 12.5. The van der Waals surface area contributed by atoms with Gasteiger partial charge in [0.15, 0.2) is 0 Å². The minimum Gasteiger partial charge on any atom is -0.494 e. The second-order valence-corrected chi connectivity index (χ2v) is 9.12. The number of carbonyl (C=O) groups excluding carboxylic acids is 2. The number of hydrogen-bond acceptors (Lipinski definition) is 5. The highest BCUT2D eigenvalue weighted by atomic mass is 16.5. The molecule has 190 valence electrons. The highest BCUT2D eigenvalue weighted by Gasteiger charge is 2.26. The van der Waals surface area contributed by atoms with E-state index in [1.54, 1.807) is 17.2 Å². The average Bonchev–Trinajstić information content (AvgIpc) is 3.30. The summed E-state index contributed by atoms with van der Waals surface area (Å²) in [7, 11) is 0. The van der Waals surface area contributed by atoms with Crippen molar-refractivity contribution in [3.63, 3.8) is 0 Å². The van der Waals surface area contributed by atoms with Crippen LogP contribution in [0.4, 0.5) is 0 Å². The van der Waals surface area contributed by atoms with Crippen LogP contribution in [0.2, 0.25) is 0 Å². The summed E-state index contributed by atoms with van der Waals surface area (Å²) < 4.78 is 17.6. The van der Waals surface area contributed by atoms with Crippen LogP contribution in [0, 0.1) is 12.8 Å². The fourth-order valence-corrected chi connectivity index (χ4v) is 4.80. The predicted octanol–water partition coefficient (Wildman–Crippen LogP) is 5.33. The maximum Gasteiger partial charge on any atom is 0.246 e. The van der Waals surface area contributed by atoms with Gasteiger partial charge in [0, 0.05) is 47.2 Å². The maximum absolute atomic E-state index is 13.1. The zero-order valence-electron chi connectivity index (χ0n) is 21.4. The Bertz CT molecular complexity index is 1280. The zero-order chi connectivity index (χ0) is 25.8. The summed E-state index contributed by atoms with van der Waals surface area (Å²) in [4.78, 5) is 26.3. The molecule has 1 aromatic heterocycles. The van der Waals surface area contributed by atoms with Crippen molar-refractivity contribution in [3.05, 3.63) is 53.8 Å². The minimum absolute atomic E-state index is 0.0745. The first kappa shape index (κ1) is 25.4. The van der Waals surface area contributed by atoms with Gasteiger partial charge in [0.05, 0.1) is 19.5 Å². The summed E-state index contributed by atoms with van der Waals surface area (Å²) in [5.74, 6) is 1.01. The molecule has 0 unspecified atom stereocenters. The molecule has 0 saturated carbocycles. The number of furan rings is 1. The number of amides is 2. The Morgan fingerprint density at radius 2 is 1.78 bits per heavy atom. The van der Waals surface area contributed by atoms with E-state index < -0.39 is 0 Å². The second kappa shape index (κ2) is 10.9. The molecule has 2 aromatic carbocycles. The number of aryl methyl sites for hydroxylation is 1. The first-order chi connectivity index (χ1) is 17.3. The maximum atomic E-state index is 13.1. The van der Waals surface area contributed by atoms with Crippen LogP contribution in [0.3, 0.4) is 0 Å². The summed E-state index contributed by atoms with van der Waals surface area (Å²) in [6.45, 7) is 9.96. The second-order valence-electron chi connectivity index (χ2n) is 9.12. The lowest BCUT2D eigenvalue weighted by Crippen LogP contribution is -2.41. The van der Waals surface area contributed by atoms with E-state index in [0.717, 1.165) is 44.5 Å². The molecule has 7 nitrogen and oxygen atoms in total. The van der Waals surface area contributed by atoms with Crippen molar-refractivity contribution in [2.45, 2.75) is 40.5 Å². The largest absolute Gasteiger partial charge is 0.494 e. The SMILES string of the molecule is CCOc1ccc(-c2coc3c(C)c(OCC)c(/C(C)=C/C(=O)N4CCC(C(N)=O)CC4)cc23)cc1. The Balaban J connectivity index is 1.70. The Morgan fingerprint density at radius 1 is 1.11 bits per heavy atom. The topological polar surface area (TPSA) is 95.0 Å². The van der Waals surface area contributed by atoms with Crippen LogP contribution in [0.25, 0.3) is 27.7 Å². The number of nitrogens with zero attached hydrogens (tertiary/aromatic N) is 1. The molecule has 1 aliphatic rings. The third-order valence-corrected chi connectivity index (χ3v) is 6.78. The molecule has 3 aromatic rings. The van der Waals surface area contributed by atoms with E-state index in [0.29, 0.717) is 44.9 Å². The number of fused-ring (bicyclic) bond motifs is 1. The normalized spacial score (nSPS) is 14.8. The number of carbonyl (C=O) groups is 2. The smallest absolute Gasteiger partial charge is 0.246 e. The van der Waals surface area contributed by atoms with E-state index in [-0.39, 0.29) is 17.7 Å². The first-order valence-electron chi connectivity index (χ1n) is 12.5. The summed E-state index contributed by atoms with van der Waals surface area (Å²) in [5, 5.41) is 0.956. The molecule has 4 rings (SSSR count). The number of likely N-dealkylation sites (tertiary alicyclic amines) is 1. The number of primary amides is 1. The molecule has 0 bridgehead atoms. The molecule has 2 amide bonds. The number of benzene rings is 2. The molecular weight excluding hydrogens is 456 g/mol. The van der Waals surface area contributed by atoms with E-state index >= 15 is 0 Å². The number of hydrogen-bond donors (Lipinski definition) is 1. The van der Waals surface area contributed by atoms with Crippen molar-refractivity contribution in [2.24, 2.45) is 11.7 Å². The van der Waals surface area contributed by atoms with E-state index in [2.05, 4.69) is 0 Å². The van der Waals surface area contributed by atoms with Gasteiger partial charge >= 0.3 is 0 Å². The molecule has 0 spiro atoms. The van der Waals surface area contributed by atoms with Crippen molar-refractivity contribution in [3.8, 4) is 22.6 Å². The fourth-order valence-electron chi connectivity index (χ4n) is 4.80. The minimum atomic E-state index is -0.289. The highest BCUT2D eigenvalue weighted by molar-refractivity contribution is 6.01. The van der Waals surface area contributed by atoms with Crippen LogP contribution in [0.1, 0.15) is 44.7 Å². The summed E-state index contributed by atoms with van der Waals surface area (Å²) in [5.41, 5.74) is 10.7. The summed E-state index contributed by atoms with van der Waals surface area (Å²) in [6.07, 6.45) is 4.62. The zero-order valence-corrected chi connectivity index (χ0v) is 21.4. The van der Waals surface area contributed by atoms with Crippen LogP contribution >= 0.6 is 0 Å². The van der Waals surface area contributed by atoms with Crippen molar-refractivity contribution < 1.29 is 23.5 Å². The van der Waals surface area contributed by atoms with Gasteiger partial charge in [-0.1, -0.05) is 12.1 Å². The van der Waals surface area contributed by atoms with Gasteiger partial charge in [-0.25, -0.2) is 0 Å². The molecule has 7 heteroatoms. The number of ether oxygens (including phenoxy) is 2. The molecule has 0 radical (unpaired) electrons. The van der Waals surface area contributed by atoms with Crippen molar-refractivity contribution >= 4 is 28.4 Å². The molecule has 1 fully saturated rings. The molecule has 0 atom stereocenters. The van der Waals surface area contributed by atoms with Gasteiger partial charge in [0.25, 0.3) is 0 Å². The average molecular weight is 491 g/mol. The molecule has 1 saturated heterocycles. The third-order valence-electron chi connectivity index (χ3n) is 6.78. The van der Waals surface area contributed by atoms with Gasteiger partial charge in [-0.15, -0.1) is 0 Å². The number of allylic oxidation sites excluding steroid dienone is 1. The van der Waals surface area contributed by atoms with Gasteiger partial charge in [-0.3, -0.25) is 9.59 Å². The molecule has 2 heterocycles. The third kappa shape index (κ3) is 5.10. The molecular formula is C29H34N2O5. The van der Waals surface area contributed by atoms with Crippen LogP contribution in [0.15, 0.2) is 47.1 Å². The number of piperidine rings is 1. The lowest BCUT2D eigenvalue weighted by Gasteiger charge is -2.30. The highest BCUT2D eigenvalue weighted by Crippen LogP contribution is 2.41. The van der Waals surface area contributed by atoms with Crippen LogP contribution in [0.5, 0.6) is 11.5 Å². The van der Waals surface area contributed by atoms with E-state index in [9.17, 15) is 9.59 Å². The van der Waals surface area contributed by atoms with E-state index in [4.69, 9.17) is 19.6 Å². The molecule has 2 N–H and O–H groups in total. The van der Waals surface area contributed by atoms with Gasteiger partial charge < -0.3 is 24.5 Å². The Morgan fingerprint density at radius 3 is 2.39 bits per heavy atom. The van der Waals surface area contributed by atoms with E-state index in [1.165, 1.54) is 0 Å². The van der Waals surface area contributed by atoms with Gasteiger partial charge in [-0.05, 0) is 69.9 Å². The number of nitrogens with two attached hydrogens (primary N) is 1. The van der Waals surface area contributed by atoms with Crippen molar-refractivity contribution in [1.82, 2.24) is 4.90 Å². The van der Waals surface area contributed by atoms with E-state index in [1.807, 2.05) is 58.0 Å². The van der Waals surface area contributed by atoms with Gasteiger partial charge in [0.2, 0.25) is 11.8 Å². The van der Waals surface area contributed by atoms with Crippen molar-refractivity contribution in [1.29, 1.82) is 0 Å². The lowest BCUT2D eigenvalue weighted by atomic mass is 9.95. The Kier molecular flexibility index (Phi) is 7.67. The fraction of sp³-hybridized carbons (Fsp3) is 0.379. The molecule has 36 heavy (non-hydrogen) atoms. The summed E-state index contributed by atoms with van der Waals surface area (Å²) in [6, 6.07) is 9.98. The lowest BCUT2D eigenvalue weighted by molar-refractivity contribution is -0.130. The van der Waals surface area contributed by atoms with Crippen LogP contribution < -0.4 is 15.2 Å². The Hall–Kier alpha value is -3.74. The van der Waals surface area contributed by atoms with Crippen LogP contribution in [-0.2, 0) is 9.59 Å². The molecule has 1 aliphatic heterocycles. The number of rotatable bonds is 8. The molecule has 0 aliphatic carbocycles. The quantitative estimate of drug-likeness (QED) is 0.431. The standard InChI is InChI=1S/C29H34N2O5/c1-5-34-22-9-7-20(8-10-22)25-17-36-28-19(4)27(35-6-2)23(16-24(25)28)18(3)15-26(32)31-13-11-21(12-14-31)29(30)33/h7-10,15-17,21H,5-6,11-14H2,1-4H3,(H2,30,33)/b18-15+. The van der Waals surface area contributed by atoms with Crippen molar-refractivity contribution in [2.75, 3.05) is 26.3 Å². The predicted molar refractivity (Wildman–Crippen MR) is 141 cm³/mol. The van der Waals surface area contributed by atoms with Gasteiger partial charge in [0.1, 0.15) is 17.1 Å². The summed E-state index contributed by atoms with van der Waals surface area (Å²) >= 11 is 0. The monoisotopic (exact) mass is 490 g/mol. The Labute approximate surface area is 211 Å². The van der Waals surface area contributed by atoms with Gasteiger partial charge in [-0.2, -0.15) is 0 Å².